The Balaban J connectivity index is 1.37. The normalized spacial score (nSPS) is 14.8. The summed E-state index contributed by atoms with van der Waals surface area (Å²) in [6, 6.07) is 17.9. The van der Waals surface area contributed by atoms with Gasteiger partial charge in [0.15, 0.2) is 5.82 Å². The van der Waals surface area contributed by atoms with E-state index in [0.29, 0.717) is 12.5 Å². The predicted octanol–water partition coefficient (Wildman–Crippen LogP) is 3.64. The van der Waals surface area contributed by atoms with Crippen LogP contribution in [0.4, 0.5) is 11.5 Å². The molecule has 1 aromatic heterocycles. The molecule has 0 atom stereocenters. The van der Waals surface area contributed by atoms with Crippen LogP contribution < -0.4 is 11.1 Å². The number of likely N-dealkylation sites (tertiary alicyclic amines) is 1. The van der Waals surface area contributed by atoms with Gasteiger partial charge in [0.25, 0.3) is 5.91 Å². The number of nitrogens with two attached hydrogens (primary N) is 1. The van der Waals surface area contributed by atoms with Gasteiger partial charge in [-0.2, -0.15) is 5.10 Å². The first kappa shape index (κ1) is 19.2. The van der Waals surface area contributed by atoms with Crippen LogP contribution in [-0.2, 0) is 13.6 Å². The fourth-order valence-electron chi connectivity index (χ4n) is 4.02. The van der Waals surface area contributed by atoms with E-state index in [1.807, 2.05) is 54.5 Å². The van der Waals surface area contributed by atoms with Crippen molar-refractivity contribution in [3.8, 4) is 0 Å². The number of amides is 1. The van der Waals surface area contributed by atoms with E-state index in [2.05, 4.69) is 28.6 Å². The van der Waals surface area contributed by atoms with Crippen molar-refractivity contribution in [3.05, 3.63) is 77.5 Å². The smallest absolute Gasteiger partial charge is 0.253 e. The maximum Gasteiger partial charge on any atom is 0.253 e. The molecular formula is C23H27N5O. The SMILES string of the molecule is Cn1ccc(Nc2ccc(C(=O)N3CCC(c4ccccc4CN)CC3)cc2)n1. The first-order chi connectivity index (χ1) is 14.1. The number of hydrogen-bond donors (Lipinski definition) is 2. The van der Waals surface area contributed by atoms with Crippen molar-refractivity contribution >= 4 is 17.4 Å². The molecule has 0 aliphatic carbocycles. The Hall–Kier alpha value is -3.12. The van der Waals surface area contributed by atoms with E-state index < -0.39 is 0 Å². The van der Waals surface area contributed by atoms with E-state index >= 15 is 0 Å². The molecule has 2 aromatic carbocycles. The summed E-state index contributed by atoms with van der Waals surface area (Å²) in [4.78, 5) is 14.9. The van der Waals surface area contributed by atoms with Crippen LogP contribution in [0.3, 0.4) is 0 Å². The second kappa shape index (κ2) is 8.49. The number of nitrogens with zero attached hydrogens (tertiary/aromatic N) is 3. The number of carbonyl (C=O) groups is 1. The zero-order chi connectivity index (χ0) is 20.2. The van der Waals surface area contributed by atoms with E-state index in [1.165, 1.54) is 11.1 Å². The van der Waals surface area contributed by atoms with Crippen molar-refractivity contribution in [1.29, 1.82) is 0 Å². The molecule has 29 heavy (non-hydrogen) atoms. The molecule has 4 rings (SSSR count). The quantitative estimate of drug-likeness (QED) is 0.698. The first-order valence-electron chi connectivity index (χ1n) is 10.1. The number of rotatable bonds is 5. The van der Waals surface area contributed by atoms with Gasteiger partial charge in [0.05, 0.1) is 0 Å². The van der Waals surface area contributed by atoms with Crippen LogP contribution in [0.1, 0.15) is 40.2 Å². The third kappa shape index (κ3) is 4.32. The lowest BCUT2D eigenvalue weighted by atomic mass is 9.86. The molecule has 0 bridgehead atoms. The number of carbonyl (C=O) groups excluding carboxylic acids is 1. The number of piperidine rings is 1. The summed E-state index contributed by atoms with van der Waals surface area (Å²) in [6.07, 6.45) is 3.83. The van der Waals surface area contributed by atoms with E-state index in [1.54, 1.807) is 4.68 Å². The Morgan fingerprint density at radius 1 is 1.10 bits per heavy atom. The lowest BCUT2D eigenvalue weighted by Crippen LogP contribution is -2.38. The van der Waals surface area contributed by atoms with Crippen molar-refractivity contribution in [2.75, 3.05) is 18.4 Å². The predicted molar refractivity (Wildman–Crippen MR) is 115 cm³/mol. The summed E-state index contributed by atoms with van der Waals surface area (Å²) in [5.41, 5.74) is 10.1. The minimum absolute atomic E-state index is 0.0972. The third-order valence-electron chi connectivity index (χ3n) is 5.61. The molecule has 3 aromatic rings. The minimum atomic E-state index is 0.0972. The van der Waals surface area contributed by atoms with Gasteiger partial charge in [-0.3, -0.25) is 9.48 Å². The van der Waals surface area contributed by atoms with Gasteiger partial charge in [0, 0.05) is 50.2 Å². The molecular weight excluding hydrogens is 362 g/mol. The van der Waals surface area contributed by atoms with Crippen LogP contribution in [0, 0.1) is 0 Å². The van der Waals surface area contributed by atoms with Crippen molar-refractivity contribution in [2.45, 2.75) is 25.3 Å². The highest BCUT2D eigenvalue weighted by molar-refractivity contribution is 5.94. The summed E-state index contributed by atoms with van der Waals surface area (Å²) in [7, 11) is 1.88. The second-order valence-electron chi connectivity index (χ2n) is 7.55. The van der Waals surface area contributed by atoms with Crippen molar-refractivity contribution in [3.63, 3.8) is 0 Å². The summed E-state index contributed by atoms with van der Waals surface area (Å²) in [6.45, 7) is 2.11. The minimum Gasteiger partial charge on any atom is -0.339 e. The van der Waals surface area contributed by atoms with Crippen LogP contribution in [-0.4, -0.2) is 33.7 Å². The summed E-state index contributed by atoms with van der Waals surface area (Å²) < 4.78 is 1.75. The topological polar surface area (TPSA) is 76.2 Å². The monoisotopic (exact) mass is 389 g/mol. The molecule has 1 aliphatic rings. The fourth-order valence-corrected chi connectivity index (χ4v) is 4.02. The van der Waals surface area contributed by atoms with E-state index in [0.717, 1.165) is 43.0 Å². The lowest BCUT2D eigenvalue weighted by Gasteiger charge is -2.33. The average Bonchev–Trinajstić information content (AvgIpc) is 3.18. The largest absolute Gasteiger partial charge is 0.339 e. The van der Waals surface area contributed by atoms with Crippen LogP contribution in [0.2, 0.25) is 0 Å². The number of aromatic nitrogens is 2. The molecule has 3 N–H and O–H groups in total. The Morgan fingerprint density at radius 3 is 2.48 bits per heavy atom. The summed E-state index contributed by atoms with van der Waals surface area (Å²) in [5.74, 6) is 1.36. The highest BCUT2D eigenvalue weighted by atomic mass is 16.2. The summed E-state index contributed by atoms with van der Waals surface area (Å²) >= 11 is 0. The standard InChI is InChI=1S/C23H27N5O/c1-27-13-12-22(26-27)25-20-8-6-18(7-9-20)23(29)28-14-10-17(11-15-28)21-5-3-2-4-19(21)16-24/h2-9,12-13,17H,10-11,14-16,24H2,1H3,(H,25,26). The fraction of sp³-hybridized carbons (Fsp3) is 0.304. The van der Waals surface area contributed by atoms with Crippen molar-refractivity contribution in [2.24, 2.45) is 12.8 Å². The van der Waals surface area contributed by atoms with Gasteiger partial charge < -0.3 is 16.0 Å². The molecule has 1 fully saturated rings. The van der Waals surface area contributed by atoms with E-state index in [9.17, 15) is 4.79 Å². The molecule has 0 spiro atoms. The molecule has 1 aliphatic heterocycles. The Morgan fingerprint density at radius 2 is 1.83 bits per heavy atom. The lowest BCUT2D eigenvalue weighted by molar-refractivity contribution is 0.0713. The molecule has 1 amide bonds. The zero-order valence-corrected chi connectivity index (χ0v) is 16.7. The number of nitrogens with one attached hydrogen (secondary N) is 1. The molecule has 0 saturated carbocycles. The molecule has 2 heterocycles. The maximum atomic E-state index is 12.9. The number of aryl methyl sites for hydroxylation is 1. The molecule has 0 radical (unpaired) electrons. The van der Waals surface area contributed by atoms with Gasteiger partial charge in [-0.05, 0) is 54.2 Å². The number of hydrogen-bond acceptors (Lipinski definition) is 4. The Labute approximate surface area is 171 Å². The zero-order valence-electron chi connectivity index (χ0n) is 16.7. The van der Waals surface area contributed by atoms with Gasteiger partial charge in [-0.15, -0.1) is 0 Å². The second-order valence-corrected chi connectivity index (χ2v) is 7.55. The number of anilines is 2. The molecule has 0 unspecified atom stereocenters. The van der Waals surface area contributed by atoms with E-state index in [-0.39, 0.29) is 5.91 Å². The van der Waals surface area contributed by atoms with Gasteiger partial charge in [-0.25, -0.2) is 0 Å². The van der Waals surface area contributed by atoms with Gasteiger partial charge in [0.1, 0.15) is 0 Å². The first-order valence-corrected chi connectivity index (χ1v) is 10.1. The molecule has 6 nitrogen and oxygen atoms in total. The van der Waals surface area contributed by atoms with Crippen molar-refractivity contribution < 1.29 is 4.79 Å². The van der Waals surface area contributed by atoms with E-state index in [4.69, 9.17) is 5.73 Å². The maximum absolute atomic E-state index is 12.9. The number of benzene rings is 2. The average molecular weight is 390 g/mol. The highest BCUT2D eigenvalue weighted by Crippen LogP contribution is 2.31. The van der Waals surface area contributed by atoms with Crippen LogP contribution in [0.5, 0.6) is 0 Å². The molecule has 150 valence electrons. The Bertz CT molecular complexity index is 971. The van der Waals surface area contributed by atoms with Crippen LogP contribution in [0.25, 0.3) is 0 Å². The van der Waals surface area contributed by atoms with Crippen LogP contribution >= 0.6 is 0 Å². The van der Waals surface area contributed by atoms with Gasteiger partial charge in [0.2, 0.25) is 0 Å². The van der Waals surface area contributed by atoms with Gasteiger partial charge >= 0.3 is 0 Å². The van der Waals surface area contributed by atoms with Crippen LogP contribution in [0.15, 0.2) is 60.8 Å². The third-order valence-corrected chi connectivity index (χ3v) is 5.61. The highest BCUT2D eigenvalue weighted by Gasteiger charge is 2.25. The molecule has 6 heteroatoms. The van der Waals surface area contributed by atoms with Crippen molar-refractivity contribution in [1.82, 2.24) is 14.7 Å². The molecule has 1 saturated heterocycles. The van der Waals surface area contributed by atoms with Gasteiger partial charge in [-0.1, -0.05) is 24.3 Å². The Kier molecular flexibility index (Phi) is 5.62. The summed E-state index contributed by atoms with van der Waals surface area (Å²) in [5, 5.41) is 7.54.